The Kier molecular flexibility index (Phi) is 5.53. The number of amides is 1. The summed E-state index contributed by atoms with van der Waals surface area (Å²) in [6.07, 6.45) is 1.64. The van der Waals surface area contributed by atoms with Crippen LogP contribution < -0.4 is 5.32 Å². The molecule has 0 aliphatic rings. The third kappa shape index (κ3) is 4.33. The molecule has 0 aliphatic carbocycles. The van der Waals surface area contributed by atoms with Gasteiger partial charge < -0.3 is 4.57 Å². The maximum absolute atomic E-state index is 12.4. The van der Waals surface area contributed by atoms with Gasteiger partial charge in [0.15, 0.2) is 5.13 Å². The van der Waals surface area contributed by atoms with Gasteiger partial charge in [-0.05, 0) is 44.0 Å². The quantitative estimate of drug-likeness (QED) is 0.528. The molecule has 1 aromatic carbocycles. The highest BCUT2D eigenvalue weighted by Crippen LogP contribution is 2.21. The zero-order valence-corrected chi connectivity index (χ0v) is 16.3. The third-order valence-electron chi connectivity index (χ3n) is 4.30. The molecule has 2 aromatic heterocycles. The minimum absolute atomic E-state index is 0.0582. The lowest BCUT2D eigenvalue weighted by Crippen LogP contribution is -2.13. The molecule has 0 fully saturated rings. The molecule has 136 valence electrons. The summed E-state index contributed by atoms with van der Waals surface area (Å²) in [5.41, 5.74) is 5.06. The Balaban J connectivity index is 1.85. The van der Waals surface area contributed by atoms with Crippen LogP contribution in [-0.4, -0.2) is 15.5 Å². The summed E-state index contributed by atoms with van der Waals surface area (Å²) in [5.74, 6) is -0.445. The van der Waals surface area contributed by atoms with Gasteiger partial charge in [-0.1, -0.05) is 30.3 Å². The van der Waals surface area contributed by atoms with E-state index < -0.39 is 5.91 Å². The molecule has 0 saturated carbocycles. The number of aryl methyl sites for hydroxylation is 2. The Morgan fingerprint density at radius 2 is 2.04 bits per heavy atom. The highest BCUT2D eigenvalue weighted by atomic mass is 32.1. The zero-order chi connectivity index (χ0) is 19.4. The zero-order valence-electron chi connectivity index (χ0n) is 15.5. The van der Waals surface area contributed by atoms with E-state index in [1.54, 1.807) is 6.08 Å². The standard InChI is InChI=1S/C21H20N4OS/c1-14-13-27-21(23-14)24-20(26)19(11-22)10-18-9-15(2)25(16(18)3)12-17-7-5-4-6-8-17/h4-10,13H,12H2,1-3H3,(H,23,24,26)/b19-10-. The van der Waals surface area contributed by atoms with Gasteiger partial charge in [-0.2, -0.15) is 5.26 Å². The van der Waals surface area contributed by atoms with Crippen LogP contribution in [0.25, 0.3) is 6.08 Å². The number of nitrogens with zero attached hydrogens (tertiary/aromatic N) is 3. The fourth-order valence-corrected chi connectivity index (χ4v) is 3.55. The van der Waals surface area contributed by atoms with Crippen LogP contribution in [0.5, 0.6) is 0 Å². The lowest BCUT2D eigenvalue weighted by atomic mass is 10.1. The van der Waals surface area contributed by atoms with Gasteiger partial charge in [0.2, 0.25) is 0 Å². The molecule has 0 bridgehead atoms. The molecular formula is C21H20N4OS. The number of carbonyl (C=O) groups excluding carboxylic acids is 1. The number of nitriles is 1. The van der Waals surface area contributed by atoms with E-state index >= 15 is 0 Å². The van der Waals surface area contributed by atoms with Crippen LogP contribution in [0.3, 0.4) is 0 Å². The van der Waals surface area contributed by atoms with Gasteiger partial charge in [-0.25, -0.2) is 4.98 Å². The summed E-state index contributed by atoms with van der Waals surface area (Å²) in [5, 5.41) is 14.5. The third-order valence-corrected chi connectivity index (χ3v) is 5.18. The minimum atomic E-state index is -0.445. The topological polar surface area (TPSA) is 70.7 Å². The number of anilines is 1. The summed E-state index contributed by atoms with van der Waals surface area (Å²) in [6.45, 7) is 6.63. The van der Waals surface area contributed by atoms with Gasteiger partial charge in [-0.3, -0.25) is 10.1 Å². The average molecular weight is 376 g/mol. The maximum Gasteiger partial charge on any atom is 0.268 e. The van der Waals surface area contributed by atoms with Crippen molar-refractivity contribution in [3.05, 3.63) is 75.6 Å². The molecule has 0 saturated heterocycles. The van der Waals surface area contributed by atoms with Gasteiger partial charge in [0.1, 0.15) is 11.6 Å². The monoisotopic (exact) mass is 376 g/mol. The summed E-state index contributed by atoms with van der Waals surface area (Å²) in [6, 6.07) is 14.2. The van der Waals surface area contributed by atoms with E-state index in [1.807, 2.05) is 56.5 Å². The Labute approximate surface area is 162 Å². The lowest BCUT2D eigenvalue weighted by Gasteiger charge is -2.09. The molecular weight excluding hydrogens is 356 g/mol. The number of rotatable bonds is 5. The molecule has 1 amide bonds. The predicted octanol–water partition coefficient (Wildman–Crippen LogP) is 4.46. The molecule has 0 spiro atoms. The fourth-order valence-electron chi connectivity index (χ4n) is 2.86. The van der Waals surface area contributed by atoms with Gasteiger partial charge >= 0.3 is 0 Å². The Bertz CT molecular complexity index is 1040. The van der Waals surface area contributed by atoms with Crippen LogP contribution in [0, 0.1) is 32.1 Å². The van der Waals surface area contributed by atoms with Crippen molar-refractivity contribution < 1.29 is 4.79 Å². The summed E-state index contributed by atoms with van der Waals surface area (Å²) < 4.78 is 2.18. The van der Waals surface area contributed by atoms with E-state index in [9.17, 15) is 10.1 Å². The first kappa shape index (κ1) is 18.6. The van der Waals surface area contributed by atoms with Gasteiger partial charge in [0.05, 0.1) is 5.69 Å². The molecule has 6 heteroatoms. The Hall–Kier alpha value is -3.17. The SMILES string of the molecule is Cc1csc(NC(=O)/C(C#N)=C\c2cc(C)n(Cc3ccccc3)c2C)n1. The molecule has 27 heavy (non-hydrogen) atoms. The van der Waals surface area contributed by atoms with E-state index in [2.05, 4.69) is 27.0 Å². The summed E-state index contributed by atoms with van der Waals surface area (Å²) >= 11 is 1.34. The number of aromatic nitrogens is 2. The summed E-state index contributed by atoms with van der Waals surface area (Å²) in [7, 11) is 0. The predicted molar refractivity (Wildman–Crippen MR) is 109 cm³/mol. The maximum atomic E-state index is 12.4. The van der Waals surface area contributed by atoms with Crippen molar-refractivity contribution in [2.24, 2.45) is 0 Å². The van der Waals surface area contributed by atoms with Crippen LogP contribution in [0.4, 0.5) is 5.13 Å². The Morgan fingerprint density at radius 1 is 1.30 bits per heavy atom. The molecule has 2 heterocycles. The molecule has 0 atom stereocenters. The molecule has 0 aliphatic heterocycles. The largest absolute Gasteiger partial charge is 0.344 e. The minimum Gasteiger partial charge on any atom is -0.344 e. The van der Waals surface area contributed by atoms with Crippen LogP contribution in [0.2, 0.25) is 0 Å². The number of hydrogen-bond donors (Lipinski definition) is 1. The highest BCUT2D eigenvalue weighted by Gasteiger charge is 2.14. The van der Waals surface area contributed by atoms with Crippen molar-refractivity contribution in [2.45, 2.75) is 27.3 Å². The number of carbonyl (C=O) groups is 1. The molecule has 0 unspecified atom stereocenters. The van der Waals surface area contributed by atoms with Gasteiger partial charge in [0, 0.05) is 23.3 Å². The number of hydrogen-bond acceptors (Lipinski definition) is 4. The van der Waals surface area contributed by atoms with E-state index in [0.717, 1.165) is 29.2 Å². The van der Waals surface area contributed by atoms with Crippen LogP contribution in [-0.2, 0) is 11.3 Å². The van der Waals surface area contributed by atoms with Crippen LogP contribution in [0.15, 0.2) is 47.4 Å². The van der Waals surface area contributed by atoms with E-state index in [0.29, 0.717) is 5.13 Å². The van der Waals surface area contributed by atoms with Crippen molar-refractivity contribution in [1.29, 1.82) is 5.26 Å². The molecule has 0 radical (unpaired) electrons. The van der Waals surface area contributed by atoms with Crippen LogP contribution in [0.1, 0.15) is 28.2 Å². The molecule has 3 rings (SSSR count). The van der Waals surface area contributed by atoms with Crippen molar-refractivity contribution in [3.8, 4) is 6.07 Å². The molecule has 1 N–H and O–H groups in total. The van der Waals surface area contributed by atoms with E-state index in [-0.39, 0.29) is 5.57 Å². The Morgan fingerprint density at radius 3 is 2.67 bits per heavy atom. The second-order valence-electron chi connectivity index (χ2n) is 6.32. The first-order valence-corrected chi connectivity index (χ1v) is 9.42. The first-order valence-electron chi connectivity index (χ1n) is 8.54. The van der Waals surface area contributed by atoms with E-state index in [4.69, 9.17) is 0 Å². The first-order chi connectivity index (χ1) is 13.0. The average Bonchev–Trinajstić information content (AvgIpc) is 3.18. The second-order valence-corrected chi connectivity index (χ2v) is 7.17. The lowest BCUT2D eigenvalue weighted by molar-refractivity contribution is -0.112. The van der Waals surface area contributed by atoms with Crippen molar-refractivity contribution in [1.82, 2.24) is 9.55 Å². The normalized spacial score (nSPS) is 11.3. The van der Waals surface area contributed by atoms with Crippen molar-refractivity contribution >= 4 is 28.5 Å². The van der Waals surface area contributed by atoms with Gasteiger partial charge in [0.25, 0.3) is 5.91 Å². The van der Waals surface area contributed by atoms with Crippen LogP contribution >= 0.6 is 11.3 Å². The van der Waals surface area contributed by atoms with Crippen molar-refractivity contribution in [3.63, 3.8) is 0 Å². The molecule has 5 nitrogen and oxygen atoms in total. The smallest absolute Gasteiger partial charge is 0.268 e. The second kappa shape index (κ2) is 8.02. The molecule has 3 aromatic rings. The van der Waals surface area contributed by atoms with E-state index in [1.165, 1.54) is 16.9 Å². The number of nitrogens with one attached hydrogen (secondary N) is 1. The van der Waals surface area contributed by atoms with Crippen molar-refractivity contribution in [2.75, 3.05) is 5.32 Å². The summed E-state index contributed by atoms with van der Waals surface area (Å²) in [4.78, 5) is 16.6. The highest BCUT2D eigenvalue weighted by molar-refractivity contribution is 7.13. The van der Waals surface area contributed by atoms with Gasteiger partial charge in [-0.15, -0.1) is 11.3 Å². The number of thiazole rings is 1. The number of benzene rings is 1. The fraction of sp³-hybridized carbons (Fsp3) is 0.190.